The highest BCUT2D eigenvalue weighted by atomic mass is 16.4. The van der Waals surface area contributed by atoms with E-state index in [0.717, 1.165) is 23.4 Å². The fourth-order valence-corrected chi connectivity index (χ4v) is 2.71. The standard InChI is InChI=1S/C15H18N2O2/c1-3-15(6-7-15)9-17-10(2)16-12-5-4-11(14(18)19)8-13(12)17/h4-5,8H,3,6-7,9H2,1-2H3,(H,18,19). The molecule has 19 heavy (non-hydrogen) atoms. The minimum atomic E-state index is -0.885. The number of carboxylic acids is 1. The summed E-state index contributed by atoms with van der Waals surface area (Å²) in [5.41, 5.74) is 2.57. The third-order valence-electron chi connectivity index (χ3n) is 4.39. The first kappa shape index (κ1) is 12.2. The Labute approximate surface area is 112 Å². The van der Waals surface area contributed by atoms with Crippen molar-refractivity contribution in [2.75, 3.05) is 0 Å². The van der Waals surface area contributed by atoms with Gasteiger partial charge in [-0.05, 0) is 49.8 Å². The summed E-state index contributed by atoms with van der Waals surface area (Å²) in [6.45, 7) is 5.17. The highest BCUT2D eigenvalue weighted by Gasteiger charge is 2.41. The molecule has 0 saturated heterocycles. The van der Waals surface area contributed by atoms with Crippen molar-refractivity contribution in [3.63, 3.8) is 0 Å². The number of carboxylic acid groups (broad SMARTS) is 1. The lowest BCUT2D eigenvalue weighted by molar-refractivity contribution is 0.0697. The Balaban J connectivity index is 2.09. The van der Waals surface area contributed by atoms with Gasteiger partial charge in [0.2, 0.25) is 0 Å². The Hall–Kier alpha value is -1.84. The van der Waals surface area contributed by atoms with Crippen LogP contribution in [0.2, 0.25) is 0 Å². The van der Waals surface area contributed by atoms with E-state index >= 15 is 0 Å². The number of aromatic nitrogens is 2. The smallest absolute Gasteiger partial charge is 0.335 e. The molecule has 1 aliphatic carbocycles. The third-order valence-corrected chi connectivity index (χ3v) is 4.39. The Morgan fingerprint density at radius 1 is 1.47 bits per heavy atom. The van der Waals surface area contributed by atoms with E-state index in [4.69, 9.17) is 5.11 Å². The number of aromatic carboxylic acids is 1. The van der Waals surface area contributed by atoms with Crippen molar-refractivity contribution < 1.29 is 9.90 Å². The minimum Gasteiger partial charge on any atom is -0.478 e. The van der Waals surface area contributed by atoms with Crippen molar-refractivity contribution in [3.8, 4) is 0 Å². The number of benzene rings is 1. The molecular formula is C15H18N2O2. The van der Waals surface area contributed by atoms with Crippen molar-refractivity contribution in [1.29, 1.82) is 0 Å². The number of nitrogens with zero attached hydrogens (tertiary/aromatic N) is 2. The predicted molar refractivity (Wildman–Crippen MR) is 73.4 cm³/mol. The molecule has 1 N–H and O–H groups in total. The molecule has 0 atom stereocenters. The molecule has 1 saturated carbocycles. The van der Waals surface area contributed by atoms with Crippen LogP contribution in [-0.2, 0) is 6.54 Å². The zero-order chi connectivity index (χ0) is 13.6. The van der Waals surface area contributed by atoms with Gasteiger partial charge in [-0.2, -0.15) is 0 Å². The van der Waals surface area contributed by atoms with Crippen LogP contribution in [0.25, 0.3) is 11.0 Å². The predicted octanol–water partition coefficient (Wildman–Crippen LogP) is 3.23. The average molecular weight is 258 g/mol. The van der Waals surface area contributed by atoms with Gasteiger partial charge in [-0.1, -0.05) is 6.92 Å². The number of rotatable bonds is 4. The molecule has 1 aliphatic rings. The van der Waals surface area contributed by atoms with Gasteiger partial charge in [0, 0.05) is 6.54 Å². The number of hydrogen-bond donors (Lipinski definition) is 1. The molecule has 1 heterocycles. The highest BCUT2D eigenvalue weighted by molar-refractivity contribution is 5.92. The number of imidazole rings is 1. The van der Waals surface area contributed by atoms with Crippen molar-refractivity contribution >= 4 is 17.0 Å². The molecule has 0 amide bonds. The van der Waals surface area contributed by atoms with Gasteiger partial charge in [0.1, 0.15) is 5.82 Å². The van der Waals surface area contributed by atoms with Gasteiger partial charge in [0.15, 0.2) is 0 Å². The zero-order valence-electron chi connectivity index (χ0n) is 11.3. The average Bonchev–Trinajstić information content (AvgIpc) is 3.10. The molecule has 100 valence electrons. The molecule has 4 heteroatoms. The summed E-state index contributed by atoms with van der Waals surface area (Å²) < 4.78 is 2.18. The Morgan fingerprint density at radius 3 is 2.79 bits per heavy atom. The monoisotopic (exact) mass is 258 g/mol. The lowest BCUT2D eigenvalue weighted by Gasteiger charge is -2.15. The first-order valence-electron chi connectivity index (χ1n) is 6.75. The molecule has 1 aromatic heterocycles. The fraction of sp³-hybridized carbons (Fsp3) is 0.467. The normalized spacial score (nSPS) is 16.7. The summed E-state index contributed by atoms with van der Waals surface area (Å²) in [6, 6.07) is 5.16. The van der Waals surface area contributed by atoms with Gasteiger partial charge >= 0.3 is 5.97 Å². The second-order valence-electron chi connectivity index (χ2n) is 5.61. The molecule has 0 bridgehead atoms. The Morgan fingerprint density at radius 2 is 2.21 bits per heavy atom. The maximum atomic E-state index is 11.1. The zero-order valence-corrected chi connectivity index (χ0v) is 11.3. The van der Waals surface area contributed by atoms with Crippen molar-refractivity contribution in [1.82, 2.24) is 9.55 Å². The molecule has 1 fully saturated rings. The van der Waals surface area contributed by atoms with Crippen LogP contribution in [0.1, 0.15) is 42.4 Å². The van der Waals surface area contributed by atoms with Crippen molar-refractivity contribution in [3.05, 3.63) is 29.6 Å². The van der Waals surface area contributed by atoms with E-state index in [9.17, 15) is 4.79 Å². The van der Waals surface area contributed by atoms with E-state index in [1.807, 2.05) is 6.92 Å². The number of carbonyl (C=O) groups is 1. The quantitative estimate of drug-likeness (QED) is 0.916. The third kappa shape index (κ3) is 2.01. The molecule has 0 spiro atoms. The van der Waals surface area contributed by atoms with Gasteiger partial charge < -0.3 is 9.67 Å². The topological polar surface area (TPSA) is 55.1 Å². The lowest BCUT2D eigenvalue weighted by atomic mass is 10.0. The number of hydrogen-bond acceptors (Lipinski definition) is 2. The Bertz CT molecular complexity index is 653. The molecule has 0 aliphatic heterocycles. The molecule has 0 unspecified atom stereocenters. The summed E-state index contributed by atoms with van der Waals surface area (Å²) >= 11 is 0. The van der Waals surface area contributed by atoms with Gasteiger partial charge in [-0.3, -0.25) is 0 Å². The van der Waals surface area contributed by atoms with Gasteiger partial charge in [-0.15, -0.1) is 0 Å². The van der Waals surface area contributed by atoms with Crippen LogP contribution in [0.3, 0.4) is 0 Å². The van der Waals surface area contributed by atoms with Gasteiger partial charge in [0.25, 0.3) is 0 Å². The van der Waals surface area contributed by atoms with Crippen LogP contribution in [0.15, 0.2) is 18.2 Å². The van der Waals surface area contributed by atoms with Crippen LogP contribution < -0.4 is 0 Å². The van der Waals surface area contributed by atoms with Crippen LogP contribution in [-0.4, -0.2) is 20.6 Å². The van der Waals surface area contributed by atoms with E-state index in [1.54, 1.807) is 18.2 Å². The van der Waals surface area contributed by atoms with Crippen LogP contribution >= 0.6 is 0 Å². The molecular weight excluding hydrogens is 240 g/mol. The van der Waals surface area contributed by atoms with Crippen molar-refractivity contribution in [2.45, 2.75) is 39.7 Å². The second-order valence-corrected chi connectivity index (χ2v) is 5.61. The van der Waals surface area contributed by atoms with E-state index in [0.29, 0.717) is 11.0 Å². The highest BCUT2D eigenvalue weighted by Crippen LogP contribution is 2.50. The lowest BCUT2D eigenvalue weighted by Crippen LogP contribution is -2.12. The molecule has 1 aromatic carbocycles. The summed E-state index contributed by atoms with van der Waals surface area (Å²) in [5.74, 6) is 0.0844. The molecule has 0 radical (unpaired) electrons. The minimum absolute atomic E-state index is 0.329. The van der Waals surface area contributed by atoms with Crippen molar-refractivity contribution in [2.24, 2.45) is 5.41 Å². The first-order valence-corrected chi connectivity index (χ1v) is 6.75. The maximum absolute atomic E-state index is 11.1. The second kappa shape index (κ2) is 4.08. The van der Waals surface area contributed by atoms with Gasteiger partial charge in [-0.25, -0.2) is 9.78 Å². The van der Waals surface area contributed by atoms with Crippen LogP contribution in [0.4, 0.5) is 0 Å². The van der Waals surface area contributed by atoms with Crippen LogP contribution in [0, 0.1) is 12.3 Å². The maximum Gasteiger partial charge on any atom is 0.335 e. The van der Waals surface area contributed by atoms with E-state index in [1.165, 1.54) is 19.3 Å². The number of fused-ring (bicyclic) bond motifs is 1. The Kier molecular flexibility index (Phi) is 2.62. The summed E-state index contributed by atoms with van der Waals surface area (Å²) in [7, 11) is 0. The van der Waals surface area contributed by atoms with E-state index in [2.05, 4.69) is 16.5 Å². The molecule has 3 rings (SSSR count). The van der Waals surface area contributed by atoms with E-state index in [-0.39, 0.29) is 0 Å². The summed E-state index contributed by atoms with van der Waals surface area (Å²) in [6.07, 6.45) is 3.70. The molecule has 4 nitrogen and oxygen atoms in total. The summed E-state index contributed by atoms with van der Waals surface area (Å²) in [4.78, 5) is 15.6. The fourth-order valence-electron chi connectivity index (χ4n) is 2.71. The SMILES string of the molecule is CCC1(Cn2c(C)nc3ccc(C(=O)O)cc32)CC1. The molecule has 2 aromatic rings. The van der Waals surface area contributed by atoms with Crippen LogP contribution in [0.5, 0.6) is 0 Å². The first-order chi connectivity index (χ1) is 9.04. The largest absolute Gasteiger partial charge is 0.478 e. The summed E-state index contributed by atoms with van der Waals surface area (Å²) in [5, 5.41) is 9.10. The van der Waals surface area contributed by atoms with E-state index < -0.39 is 5.97 Å². The number of aryl methyl sites for hydroxylation is 1. The van der Waals surface area contributed by atoms with Gasteiger partial charge in [0.05, 0.1) is 16.6 Å².